The van der Waals surface area contributed by atoms with Crippen molar-refractivity contribution >= 4 is 16.0 Å². The molecule has 1 rings (SSSR count). The Balaban J connectivity index is 3.04. The van der Waals surface area contributed by atoms with Gasteiger partial charge in [-0.05, 0) is 0 Å². The van der Waals surface area contributed by atoms with Crippen LogP contribution < -0.4 is 0 Å². The zero-order valence-corrected chi connectivity index (χ0v) is 8.06. The van der Waals surface area contributed by atoms with Crippen LogP contribution in [0.5, 0.6) is 0 Å². The molecule has 0 aromatic heterocycles. The zero-order valence-electron chi connectivity index (χ0n) is 6.35. The molecule has 0 N–H and O–H groups in total. The van der Waals surface area contributed by atoms with E-state index < -0.39 is 0 Å². The Morgan fingerprint density at radius 2 is 1.90 bits per heavy atom. The van der Waals surface area contributed by atoms with Gasteiger partial charge < -0.3 is 0 Å². The Hall–Kier alpha value is -0.261. The molecule has 0 atom stereocenters. The summed E-state index contributed by atoms with van der Waals surface area (Å²) in [6.45, 7) is 4.28. The van der Waals surface area contributed by atoms with Gasteiger partial charge in [0.05, 0.1) is 0 Å². The van der Waals surface area contributed by atoms with Gasteiger partial charge in [0.15, 0.2) is 0 Å². The van der Waals surface area contributed by atoms with Crippen molar-refractivity contribution in [1.29, 1.82) is 0 Å². The van der Waals surface area contributed by atoms with Crippen molar-refractivity contribution in [3.8, 4) is 0 Å². The molecule has 0 saturated heterocycles. The monoisotopic (exact) mass is 199 g/mol. The summed E-state index contributed by atoms with van der Waals surface area (Å²) >= 11 is 3.01. The van der Waals surface area contributed by atoms with Crippen LogP contribution in [0.2, 0.25) is 0 Å². The number of rotatable bonds is 1. The van der Waals surface area contributed by atoms with Crippen LogP contribution in [0.25, 0.3) is 0 Å². The fourth-order valence-corrected chi connectivity index (χ4v) is 1.27. The van der Waals surface area contributed by atoms with Gasteiger partial charge in [0.1, 0.15) is 0 Å². The first-order valence-corrected chi connectivity index (χ1v) is 4.59. The van der Waals surface area contributed by atoms with Gasteiger partial charge in [0.2, 0.25) is 0 Å². The summed E-state index contributed by atoms with van der Waals surface area (Å²) in [5, 5.41) is 1.01. The van der Waals surface area contributed by atoms with Crippen LogP contribution in [-0.2, 0) is 5.32 Å². The fourth-order valence-electron chi connectivity index (χ4n) is 0.893. The van der Waals surface area contributed by atoms with Crippen molar-refractivity contribution in [3.05, 3.63) is 34.9 Å². The van der Waals surface area contributed by atoms with Crippen molar-refractivity contribution in [3.63, 3.8) is 0 Å². The second kappa shape index (κ2) is 3.23. The van der Waals surface area contributed by atoms with E-state index in [0.29, 0.717) is 0 Å². The first-order chi connectivity index (χ1) is 4.74. The van der Waals surface area contributed by atoms with Gasteiger partial charge in [-0.25, -0.2) is 0 Å². The Labute approximate surface area is 70.5 Å². The van der Waals surface area contributed by atoms with E-state index in [1.165, 1.54) is 16.7 Å². The molecule has 0 heterocycles. The molecule has 0 amide bonds. The molecule has 1 radical (unpaired) electrons. The van der Waals surface area contributed by atoms with E-state index in [4.69, 9.17) is 0 Å². The van der Waals surface area contributed by atoms with Gasteiger partial charge in [-0.15, -0.1) is 0 Å². The maximum absolute atomic E-state index is 3.01. The van der Waals surface area contributed by atoms with E-state index in [1.807, 2.05) is 0 Å². The molecule has 0 aliphatic rings. The van der Waals surface area contributed by atoms with Gasteiger partial charge in [-0.3, -0.25) is 0 Å². The summed E-state index contributed by atoms with van der Waals surface area (Å²) in [7, 11) is 0. The van der Waals surface area contributed by atoms with E-state index in [2.05, 4.69) is 48.1 Å². The molecule has 0 spiro atoms. The molecular weight excluding hydrogens is 187 g/mol. The minimum absolute atomic E-state index is 1.01. The third-order valence-corrected chi connectivity index (χ3v) is 2.44. The Bertz CT molecular complexity index is 228. The maximum atomic E-state index is 3.01. The first kappa shape index (κ1) is 7.84. The summed E-state index contributed by atoms with van der Waals surface area (Å²) in [4.78, 5) is 0. The molecule has 10 heavy (non-hydrogen) atoms. The van der Waals surface area contributed by atoms with E-state index in [-0.39, 0.29) is 0 Å². The SMILES string of the molecule is Cc1ccc(C[Se])cc1C. The Kier molecular flexibility index (Phi) is 2.53. The average molecular weight is 198 g/mol. The van der Waals surface area contributed by atoms with Gasteiger partial charge in [0, 0.05) is 0 Å². The molecule has 0 unspecified atom stereocenters. The molecule has 0 nitrogen and oxygen atoms in total. The molecule has 0 fully saturated rings. The fraction of sp³-hybridized carbons (Fsp3) is 0.333. The van der Waals surface area contributed by atoms with E-state index in [9.17, 15) is 0 Å². The molecule has 1 aromatic carbocycles. The summed E-state index contributed by atoms with van der Waals surface area (Å²) in [6, 6.07) is 6.56. The van der Waals surface area contributed by atoms with Crippen molar-refractivity contribution < 1.29 is 0 Å². The van der Waals surface area contributed by atoms with E-state index in [0.717, 1.165) is 5.32 Å². The van der Waals surface area contributed by atoms with Crippen molar-refractivity contribution in [2.24, 2.45) is 0 Å². The predicted molar refractivity (Wildman–Crippen MR) is 45.4 cm³/mol. The van der Waals surface area contributed by atoms with Crippen LogP contribution in [-0.4, -0.2) is 16.0 Å². The molecule has 1 heteroatoms. The summed E-state index contributed by atoms with van der Waals surface area (Å²) in [5.74, 6) is 0. The van der Waals surface area contributed by atoms with Gasteiger partial charge >= 0.3 is 70.1 Å². The standard InChI is InChI=1S/C9H11Se/c1-7-3-4-9(6-10)5-8(7)2/h3-5H,6H2,1-2H3. The van der Waals surface area contributed by atoms with Crippen LogP contribution in [0.15, 0.2) is 18.2 Å². The van der Waals surface area contributed by atoms with Crippen LogP contribution >= 0.6 is 0 Å². The molecule has 0 bridgehead atoms. The Morgan fingerprint density at radius 1 is 1.20 bits per heavy atom. The van der Waals surface area contributed by atoms with Crippen LogP contribution in [0.4, 0.5) is 0 Å². The van der Waals surface area contributed by atoms with Gasteiger partial charge in [-0.1, -0.05) is 0 Å². The molecule has 1 aromatic rings. The van der Waals surface area contributed by atoms with Crippen molar-refractivity contribution in [2.75, 3.05) is 0 Å². The van der Waals surface area contributed by atoms with Crippen molar-refractivity contribution in [2.45, 2.75) is 19.2 Å². The minimum atomic E-state index is 1.01. The summed E-state index contributed by atoms with van der Waals surface area (Å²) in [6.07, 6.45) is 0. The molecule has 0 saturated carbocycles. The average Bonchev–Trinajstić information content (AvgIpc) is 1.95. The predicted octanol–water partition coefficient (Wildman–Crippen LogP) is 1.97. The number of benzene rings is 1. The second-order valence-electron chi connectivity index (χ2n) is 2.56. The molecule has 0 aliphatic carbocycles. The topological polar surface area (TPSA) is 0 Å². The van der Waals surface area contributed by atoms with Gasteiger partial charge in [-0.2, -0.15) is 0 Å². The van der Waals surface area contributed by atoms with Crippen molar-refractivity contribution in [1.82, 2.24) is 0 Å². The van der Waals surface area contributed by atoms with Crippen LogP contribution in [0.1, 0.15) is 16.7 Å². The molecule has 0 aliphatic heterocycles. The third-order valence-electron chi connectivity index (χ3n) is 1.74. The summed E-state index contributed by atoms with van der Waals surface area (Å²) < 4.78 is 0. The third kappa shape index (κ3) is 1.62. The Morgan fingerprint density at radius 3 is 2.40 bits per heavy atom. The normalized spacial score (nSPS) is 9.90. The first-order valence-electron chi connectivity index (χ1n) is 3.38. The van der Waals surface area contributed by atoms with Crippen LogP contribution in [0.3, 0.4) is 0 Å². The molecular formula is C9H11Se. The van der Waals surface area contributed by atoms with E-state index in [1.54, 1.807) is 0 Å². The van der Waals surface area contributed by atoms with Gasteiger partial charge in [0.25, 0.3) is 0 Å². The number of hydrogen-bond donors (Lipinski definition) is 0. The molecule has 53 valence electrons. The van der Waals surface area contributed by atoms with Crippen LogP contribution in [0, 0.1) is 13.8 Å². The quantitative estimate of drug-likeness (QED) is 0.605. The number of hydrogen-bond acceptors (Lipinski definition) is 0. The summed E-state index contributed by atoms with van der Waals surface area (Å²) in [5.41, 5.74) is 4.13. The van der Waals surface area contributed by atoms with E-state index >= 15 is 0 Å². The second-order valence-corrected chi connectivity index (χ2v) is 3.17. The zero-order chi connectivity index (χ0) is 7.56. The number of aryl methyl sites for hydroxylation is 2.